The van der Waals surface area contributed by atoms with Crippen molar-refractivity contribution >= 4 is 34.2 Å². The van der Waals surface area contributed by atoms with Crippen molar-refractivity contribution in [1.82, 2.24) is 10.2 Å². The van der Waals surface area contributed by atoms with Gasteiger partial charge in [0.05, 0.1) is 10.5 Å². The molecule has 1 aliphatic carbocycles. The second-order valence-corrected chi connectivity index (χ2v) is 6.77. The lowest BCUT2D eigenvalue weighted by Crippen LogP contribution is -2.37. The standard InChI is InChI=1S/C14H16IN3O3/c15-13-4-3-11(18(20)21)7-12(13)14(19)16-9-5-6-17(8-9)10-1-2-10/h3-4,7,9-10H,1-2,5-6,8H2,(H,16,19). The minimum atomic E-state index is -0.475. The Labute approximate surface area is 136 Å². The van der Waals surface area contributed by atoms with Gasteiger partial charge in [0.15, 0.2) is 0 Å². The van der Waals surface area contributed by atoms with E-state index in [9.17, 15) is 14.9 Å². The lowest BCUT2D eigenvalue weighted by molar-refractivity contribution is -0.384. The summed E-state index contributed by atoms with van der Waals surface area (Å²) in [6.45, 7) is 1.92. The van der Waals surface area contributed by atoms with E-state index in [1.165, 1.54) is 25.0 Å². The third-order valence-corrected chi connectivity index (χ3v) is 4.96. The first-order valence-corrected chi connectivity index (χ1v) is 8.11. The molecule has 1 unspecified atom stereocenters. The number of benzene rings is 1. The predicted molar refractivity (Wildman–Crippen MR) is 86.3 cm³/mol. The lowest BCUT2D eigenvalue weighted by Gasteiger charge is -2.16. The van der Waals surface area contributed by atoms with E-state index >= 15 is 0 Å². The summed E-state index contributed by atoms with van der Waals surface area (Å²) in [6.07, 6.45) is 3.49. The number of nitrogens with zero attached hydrogens (tertiary/aromatic N) is 2. The molecule has 1 aromatic carbocycles. The summed E-state index contributed by atoms with van der Waals surface area (Å²) < 4.78 is 0.729. The predicted octanol–water partition coefficient (Wildman–Crippen LogP) is 2.17. The van der Waals surface area contributed by atoms with Crippen molar-refractivity contribution in [3.63, 3.8) is 0 Å². The average molecular weight is 401 g/mol. The first-order chi connectivity index (χ1) is 10.0. The van der Waals surface area contributed by atoms with Gasteiger partial charge in [-0.2, -0.15) is 0 Å². The van der Waals surface area contributed by atoms with Crippen LogP contribution in [0.25, 0.3) is 0 Å². The van der Waals surface area contributed by atoms with Gasteiger partial charge in [0.2, 0.25) is 0 Å². The molecule has 1 saturated carbocycles. The van der Waals surface area contributed by atoms with E-state index in [0.717, 1.165) is 23.1 Å². The Kier molecular flexibility index (Phi) is 4.12. The van der Waals surface area contributed by atoms with E-state index in [-0.39, 0.29) is 17.6 Å². The Bertz CT molecular complexity index is 589. The van der Waals surface area contributed by atoms with Crippen LogP contribution in [0.5, 0.6) is 0 Å². The molecule has 2 aliphatic rings. The number of rotatable bonds is 4. The number of halogens is 1. The van der Waals surface area contributed by atoms with Gasteiger partial charge < -0.3 is 5.32 Å². The minimum absolute atomic E-state index is 0.0494. The number of hydrogen-bond acceptors (Lipinski definition) is 4. The third-order valence-electron chi connectivity index (χ3n) is 4.02. The molecular formula is C14H16IN3O3. The molecule has 0 bridgehead atoms. The maximum absolute atomic E-state index is 12.3. The molecule has 21 heavy (non-hydrogen) atoms. The fourth-order valence-corrected chi connectivity index (χ4v) is 3.32. The van der Waals surface area contributed by atoms with Gasteiger partial charge in [-0.15, -0.1) is 0 Å². The van der Waals surface area contributed by atoms with Gasteiger partial charge >= 0.3 is 0 Å². The van der Waals surface area contributed by atoms with Crippen molar-refractivity contribution in [2.75, 3.05) is 13.1 Å². The molecule has 1 aromatic rings. The first kappa shape index (κ1) is 14.7. The molecule has 0 aromatic heterocycles. The van der Waals surface area contributed by atoms with Crippen LogP contribution in [0.2, 0.25) is 0 Å². The smallest absolute Gasteiger partial charge is 0.270 e. The molecule has 2 fully saturated rings. The van der Waals surface area contributed by atoms with Crippen LogP contribution in [-0.2, 0) is 0 Å². The Hall–Kier alpha value is -1.22. The number of likely N-dealkylation sites (tertiary alicyclic amines) is 1. The van der Waals surface area contributed by atoms with E-state index in [1.54, 1.807) is 6.07 Å². The summed E-state index contributed by atoms with van der Waals surface area (Å²) in [4.78, 5) is 25.1. The first-order valence-electron chi connectivity index (χ1n) is 7.03. The second kappa shape index (κ2) is 5.88. The van der Waals surface area contributed by atoms with Crippen molar-refractivity contribution in [2.45, 2.75) is 31.3 Å². The number of nitrogens with one attached hydrogen (secondary N) is 1. The van der Waals surface area contributed by atoms with Crippen LogP contribution < -0.4 is 5.32 Å². The molecule has 0 spiro atoms. The summed E-state index contributed by atoms with van der Waals surface area (Å²) in [5.74, 6) is -0.217. The zero-order chi connectivity index (χ0) is 15.0. The molecular weight excluding hydrogens is 385 g/mol. The highest BCUT2D eigenvalue weighted by atomic mass is 127. The molecule has 1 heterocycles. The van der Waals surface area contributed by atoms with Gasteiger partial charge in [-0.05, 0) is 47.9 Å². The molecule has 1 aliphatic heterocycles. The zero-order valence-electron chi connectivity index (χ0n) is 11.4. The van der Waals surface area contributed by atoms with Crippen molar-refractivity contribution in [3.8, 4) is 0 Å². The zero-order valence-corrected chi connectivity index (χ0v) is 13.6. The maximum Gasteiger partial charge on any atom is 0.270 e. The van der Waals surface area contributed by atoms with Crippen LogP contribution >= 0.6 is 22.6 Å². The van der Waals surface area contributed by atoms with Crippen LogP contribution in [0.3, 0.4) is 0 Å². The Morgan fingerprint density at radius 1 is 1.38 bits per heavy atom. The van der Waals surface area contributed by atoms with Crippen LogP contribution in [0.1, 0.15) is 29.6 Å². The van der Waals surface area contributed by atoms with Gasteiger partial charge in [-0.3, -0.25) is 19.8 Å². The second-order valence-electron chi connectivity index (χ2n) is 5.61. The van der Waals surface area contributed by atoms with Gasteiger partial charge in [0.25, 0.3) is 11.6 Å². The average Bonchev–Trinajstić information content (AvgIpc) is 3.20. The van der Waals surface area contributed by atoms with Crippen LogP contribution in [0.4, 0.5) is 5.69 Å². The highest BCUT2D eigenvalue weighted by molar-refractivity contribution is 14.1. The largest absolute Gasteiger partial charge is 0.348 e. The highest BCUT2D eigenvalue weighted by Crippen LogP contribution is 2.30. The van der Waals surface area contributed by atoms with Gasteiger partial charge in [-0.25, -0.2) is 0 Å². The summed E-state index contributed by atoms with van der Waals surface area (Å²) in [5.41, 5.74) is 0.335. The minimum Gasteiger partial charge on any atom is -0.348 e. The topological polar surface area (TPSA) is 75.5 Å². The number of nitro benzene ring substituents is 1. The van der Waals surface area contributed by atoms with Gasteiger partial charge in [-0.1, -0.05) is 0 Å². The number of carbonyl (C=O) groups excluding carboxylic acids is 1. The SMILES string of the molecule is O=C(NC1CCN(C2CC2)C1)c1cc([N+](=O)[O-])ccc1I. The molecule has 1 saturated heterocycles. The van der Waals surface area contributed by atoms with Crippen molar-refractivity contribution in [1.29, 1.82) is 0 Å². The number of hydrogen-bond donors (Lipinski definition) is 1. The Morgan fingerprint density at radius 3 is 2.81 bits per heavy atom. The van der Waals surface area contributed by atoms with Crippen LogP contribution in [-0.4, -0.2) is 40.9 Å². The van der Waals surface area contributed by atoms with Crippen molar-refractivity contribution in [2.24, 2.45) is 0 Å². The number of amides is 1. The highest BCUT2D eigenvalue weighted by Gasteiger charge is 2.35. The lowest BCUT2D eigenvalue weighted by atomic mass is 10.1. The van der Waals surface area contributed by atoms with E-state index in [2.05, 4.69) is 10.2 Å². The number of carbonyl (C=O) groups is 1. The van der Waals surface area contributed by atoms with E-state index in [0.29, 0.717) is 11.6 Å². The molecule has 0 radical (unpaired) electrons. The summed E-state index contributed by atoms with van der Waals surface area (Å²) in [7, 11) is 0. The third kappa shape index (κ3) is 3.34. The normalized spacial score (nSPS) is 22.2. The molecule has 3 rings (SSSR count). The summed E-state index contributed by atoms with van der Waals surface area (Å²) in [6, 6.07) is 5.24. The fraction of sp³-hybridized carbons (Fsp3) is 0.500. The van der Waals surface area contributed by atoms with E-state index in [4.69, 9.17) is 0 Å². The Morgan fingerprint density at radius 2 is 2.14 bits per heavy atom. The molecule has 7 heteroatoms. The molecule has 112 valence electrons. The molecule has 1 N–H and O–H groups in total. The number of nitro groups is 1. The maximum atomic E-state index is 12.3. The van der Waals surface area contributed by atoms with E-state index in [1.807, 2.05) is 22.6 Å². The Balaban J connectivity index is 1.67. The van der Waals surface area contributed by atoms with Crippen LogP contribution in [0, 0.1) is 13.7 Å². The molecule has 6 nitrogen and oxygen atoms in total. The summed E-state index contributed by atoms with van der Waals surface area (Å²) in [5, 5.41) is 13.8. The quantitative estimate of drug-likeness (QED) is 0.477. The van der Waals surface area contributed by atoms with Crippen molar-refractivity contribution < 1.29 is 9.72 Å². The van der Waals surface area contributed by atoms with E-state index < -0.39 is 4.92 Å². The van der Waals surface area contributed by atoms with Gasteiger partial charge in [0.1, 0.15) is 0 Å². The molecule has 1 atom stereocenters. The van der Waals surface area contributed by atoms with Gasteiger partial charge in [0, 0.05) is 40.9 Å². The fourth-order valence-electron chi connectivity index (χ4n) is 2.74. The number of non-ortho nitro benzene ring substituents is 1. The summed E-state index contributed by atoms with van der Waals surface area (Å²) >= 11 is 2.03. The molecule has 1 amide bonds. The monoisotopic (exact) mass is 401 g/mol. The van der Waals surface area contributed by atoms with Crippen molar-refractivity contribution in [3.05, 3.63) is 37.4 Å². The van der Waals surface area contributed by atoms with Crippen LogP contribution in [0.15, 0.2) is 18.2 Å².